The van der Waals surface area contributed by atoms with Crippen molar-refractivity contribution >= 4 is 51.3 Å². The minimum Gasteiger partial charge on any atom is -0.462 e. The number of aliphatic hydroxyl groups excluding tert-OH is 2. The third-order valence-corrected chi connectivity index (χ3v) is 27.5. The summed E-state index contributed by atoms with van der Waals surface area (Å²) >= 11 is 0. The first-order chi connectivity index (χ1) is 60.1. The van der Waals surface area contributed by atoms with Crippen molar-refractivity contribution in [2.24, 2.45) is 0 Å². The molecule has 9 N–H and O–H groups in total. The molecule has 742 valence electrons. The van der Waals surface area contributed by atoms with Gasteiger partial charge in [0, 0.05) is 12.8 Å². The van der Waals surface area contributed by atoms with Gasteiger partial charge >= 0.3 is 39.5 Å². The van der Waals surface area contributed by atoms with Crippen LogP contribution in [0, 0.1) is 0 Å². The van der Waals surface area contributed by atoms with Crippen LogP contribution in [0.1, 0.15) is 500 Å². The van der Waals surface area contributed by atoms with Gasteiger partial charge in [0.05, 0.1) is 50.6 Å². The Kier molecular flexibility index (Phi) is 64.8. The van der Waals surface area contributed by atoms with Gasteiger partial charge in [-0.1, -0.05) is 370 Å². The Morgan fingerprint density at radius 1 is 0.357 bits per heavy atom. The Bertz CT molecular complexity index is 2940. The first-order valence-electron chi connectivity index (χ1n) is 51.0. The number of esters is 4. The fraction of sp³-hybridized carbons (Fsp3) is 0.939. The summed E-state index contributed by atoms with van der Waals surface area (Å²) in [5, 5.41) is 42.0. The fourth-order valence-corrected chi connectivity index (χ4v) is 19.6. The molecule has 28 heteroatoms. The smallest absolute Gasteiger partial charge is 0.462 e. The molecule has 0 radical (unpaired) electrons. The summed E-state index contributed by atoms with van der Waals surface area (Å²) in [4.78, 5) is 132. The van der Waals surface area contributed by atoms with Gasteiger partial charge in [0.1, 0.15) is 41.6 Å². The Morgan fingerprint density at radius 3 is 1.02 bits per heavy atom. The normalized spacial score (nSPS) is 23.2. The molecule has 26 nitrogen and oxygen atoms in total. The second-order valence-electron chi connectivity index (χ2n) is 38.0. The number of aliphatic hydroxyl groups is 3. The number of nitrogens with one attached hydrogen (secondary N) is 2. The van der Waals surface area contributed by atoms with Crippen LogP contribution in [0.15, 0.2) is 0 Å². The van der Waals surface area contributed by atoms with Gasteiger partial charge in [0.2, 0.25) is 17.6 Å². The number of amides is 2. The Labute approximate surface area is 763 Å². The van der Waals surface area contributed by atoms with Crippen LogP contribution in [0.5, 0.6) is 0 Å². The van der Waals surface area contributed by atoms with Crippen molar-refractivity contribution in [2.75, 3.05) is 6.61 Å². The molecule has 0 bridgehead atoms. The molecule has 0 aromatic carbocycles. The minimum atomic E-state index is -5.78. The zero-order valence-electron chi connectivity index (χ0n) is 81.3. The molecule has 0 saturated carbocycles. The van der Waals surface area contributed by atoms with E-state index in [0.29, 0.717) is 38.5 Å². The zero-order valence-corrected chi connectivity index (χ0v) is 83.1. The van der Waals surface area contributed by atoms with E-state index in [0.717, 1.165) is 277 Å². The third kappa shape index (κ3) is 50.8. The zero-order chi connectivity index (χ0) is 93.6. The predicted molar refractivity (Wildman–Crippen MR) is 498 cm³/mol. The van der Waals surface area contributed by atoms with Crippen molar-refractivity contribution in [1.82, 2.24) is 10.6 Å². The van der Waals surface area contributed by atoms with Crippen molar-refractivity contribution in [3.8, 4) is 0 Å². The van der Waals surface area contributed by atoms with E-state index in [1.54, 1.807) is 6.92 Å². The molecule has 2 heterocycles. The third-order valence-electron chi connectivity index (χ3n) is 26.2. The SMILES string of the molecule is CCCCCCCCCCCC(=O)OC(CCCCCCCCCCC)CC(=O)NC1C(OCC2OC(C)(OP(=O)(O)O)C(NC(=O)CC(O)CCCCCCCCCCC)C(C)(OC(=O)CC(O)CCCCCCCCCCC)C2(C)O)OC(CC)C(C)(OP(=O)(O)O)C1(C)OC(=O)CC(CCCCCCCCCCC)OC(=O)CCCCCCCCCCC. The van der Waals surface area contributed by atoms with Crippen LogP contribution >= 0.6 is 15.6 Å². The van der Waals surface area contributed by atoms with E-state index in [4.69, 9.17) is 42.2 Å². The van der Waals surface area contributed by atoms with Gasteiger partial charge in [0.25, 0.3) is 0 Å². The number of rotatable bonds is 82. The Hall–Kier alpha value is -3.20. The maximum Gasteiger partial charge on any atom is 0.472 e. The summed E-state index contributed by atoms with van der Waals surface area (Å²) in [7, 11) is -11.5. The highest BCUT2D eigenvalue weighted by molar-refractivity contribution is 7.46. The number of unbranched alkanes of at least 4 members (excludes halogenated alkanes) is 48. The molecular formula is C98H186N2O24P2. The van der Waals surface area contributed by atoms with E-state index < -0.39 is 167 Å². The van der Waals surface area contributed by atoms with Gasteiger partial charge in [-0.05, 0) is 92.4 Å². The lowest BCUT2D eigenvalue weighted by molar-refractivity contribution is -0.370. The number of hydrogen-bond acceptors (Lipinski definition) is 20. The summed E-state index contributed by atoms with van der Waals surface area (Å²) in [5.74, 6) is -7.73. The lowest BCUT2D eigenvalue weighted by atomic mass is 9.70. The summed E-state index contributed by atoms with van der Waals surface area (Å²) < 4.78 is 84.3. The van der Waals surface area contributed by atoms with Gasteiger partial charge in [-0.2, -0.15) is 0 Å². The van der Waals surface area contributed by atoms with E-state index in [-0.39, 0.29) is 44.9 Å². The van der Waals surface area contributed by atoms with E-state index >= 15 is 9.59 Å². The lowest BCUT2D eigenvalue weighted by Gasteiger charge is -2.60. The van der Waals surface area contributed by atoms with E-state index in [1.165, 1.54) is 65.7 Å². The van der Waals surface area contributed by atoms with Crippen molar-refractivity contribution in [2.45, 2.75) is 584 Å². The quantitative estimate of drug-likeness (QED) is 0.0118. The first-order valence-corrected chi connectivity index (χ1v) is 54.1. The van der Waals surface area contributed by atoms with Gasteiger partial charge in [-0.3, -0.25) is 37.8 Å². The molecule has 2 saturated heterocycles. The highest BCUT2D eigenvalue weighted by atomic mass is 31.2. The average molecular weight is 1840 g/mol. The predicted octanol–water partition coefficient (Wildman–Crippen LogP) is 23.2. The van der Waals surface area contributed by atoms with Crippen molar-refractivity contribution in [3.63, 3.8) is 0 Å². The highest BCUT2D eigenvalue weighted by Crippen LogP contribution is 2.55. The van der Waals surface area contributed by atoms with Crippen LogP contribution in [0.25, 0.3) is 0 Å². The molecular weight excluding hydrogens is 1650 g/mol. The second-order valence-corrected chi connectivity index (χ2v) is 40.3. The number of phosphoric acid groups is 2. The van der Waals surface area contributed by atoms with Gasteiger partial charge < -0.3 is 78.7 Å². The topological polar surface area (TPSA) is 385 Å². The van der Waals surface area contributed by atoms with E-state index in [9.17, 15) is 63.2 Å². The Morgan fingerprint density at radius 2 is 0.667 bits per heavy atom. The average Bonchev–Trinajstić information content (AvgIpc) is 0.712. The molecule has 14 unspecified atom stereocenters. The molecule has 2 aliphatic rings. The summed E-state index contributed by atoms with van der Waals surface area (Å²) in [5.41, 5.74) is -10.3. The molecule has 0 aromatic rings. The Balaban J connectivity index is 3.03. The number of phosphoric ester groups is 2. The van der Waals surface area contributed by atoms with E-state index in [1.807, 2.05) is 0 Å². The standard InChI is InChI=1S/C98H186N2O24P2/c1-13-20-26-32-38-44-50-56-62-68-79(101)74-85(103)100-93-97(11,122-89(107)75-80(102)69-63-57-51-45-39-33-27-21-14-2)94(8,109)84(120-98(93,12)124-126(113,114)115)78-116-92-91(99-86(104)76-81(70-64-58-52-46-40-34-28-22-15-3)117-87(105)72-66-60-54-48-42-36-30-24-17-5)96(10,95(9,83(19-7)119-92)123-125(110,111)112)121-90(108)77-82(71-65-59-53-47-41-35-29-23-16-4)118-88(106)73-67-61-55-49-43-37-31-25-18-6/h79-84,91-93,101-102,109H,13-78H2,1-12H3,(H,99,104)(H,100,103)(H2,110,111,112)(H2,113,114,115). The maximum absolute atomic E-state index is 15.6. The van der Waals surface area contributed by atoms with Crippen LogP contribution < -0.4 is 10.6 Å². The van der Waals surface area contributed by atoms with Gasteiger partial charge in [0.15, 0.2) is 17.5 Å². The largest absolute Gasteiger partial charge is 0.472 e. The van der Waals surface area contributed by atoms with Crippen LogP contribution in [-0.2, 0) is 80.1 Å². The van der Waals surface area contributed by atoms with Gasteiger partial charge in [-0.15, -0.1) is 0 Å². The van der Waals surface area contributed by atoms with Crippen LogP contribution in [0.2, 0.25) is 0 Å². The van der Waals surface area contributed by atoms with Gasteiger partial charge in [-0.25, -0.2) is 9.13 Å². The first kappa shape index (κ1) is 119. The number of ether oxygens (including phenoxy) is 7. The second kappa shape index (κ2) is 68.7. The van der Waals surface area contributed by atoms with Crippen molar-refractivity contribution in [3.05, 3.63) is 0 Å². The molecule has 2 rings (SSSR count). The van der Waals surface area contributed by atoms with Crippen LogP contribution in [0.3, 0.4) is 0 Å². The molecule has 0 spiro atoms. The lowest BCUT2D eigenvalue weighted by Crippen LogP contribution is -2.81. The number of hydrogen-bond donors (Lipinski definition) is 9. The van der Waals surface area contributed by atoms with Crippen molar-refractivity contribution in [1.29, 1.82) is 0 Å². The summed E-state index contributed by atoms with van der Waals surface area (Å²) in [6.45, 7) is 19.6. The summed E-state index contributed by atoms with van der Waals surface area (Å²) in [6, 6.07) is -3.98. The molecule has 126 heavy (non-hydrogen) atoms. The minimum absolute atomic E-state index is 0.0909. The molecule has 2 aliphatic heterocycles. The summed E-state index contributed by atoms with van der Waals surface area (Å²) in [6.07, 6.45) is 42.6. The molecule has 0 aliphatic carbocycles. The van der Waals surface area contributed by atoms with Crippen LogP contribution in [-0.4, -0.2) is 160 Å². The highest BCUT2D eigenvalue weighted by Gasteiger charge is 2.71. The number of carbonyl (C=O) groups is 6. The maximum atomic E-state index is 15.6. The molecule has 2 fully saturated rings. The molecule has 0 aromatic heterocycles. The molecule has 14 atom stereocenters. The monoisotopic (exact) mass is 1840 g/mol. The number of carbonyl (C=O) groups excluding carboxylic acids is 6. The fourth-order valence-electron chi connectivity index (χ4n) is 18.2. The molecule has 2 amide bonds. The van der Waals surface area contributed by atoms with E-state index in [2.05, 4.69) is 52.2 Å². The van der Waals surface area contributed by atoms with Crippen molar-refractivity contribution < 1.29 is 115 Å². The van der Waals surface area contributed by atoms with Crippen LogP contribution in [0.4, 0.5) is 0 Å².